The Labute approximate surface area is 217 Å². The molecule has 1 atom stereocenters. The van der Waals surface area contributed by atoms with Gasteiger partial charge in [-0.15, -0.1) is 0 Å². The van der Waals surface area contributed by atoms with Gasteiger partial charge in [-0.1, -0.05) is 18.5 Å². The number of imidazole rings is 1. The molecule has 0 saturated heterocycles. The number of aromatic nitrogens is 3. The van der Waals surface area contributed by atoms with E-state index in [9.17, 15) is 27.6 Å². The number of nitrogens with zero attached hydrogens (tertiary/aromatic N) is 3. The van der Waals surface area contributed by atoms with E-state index in [1.54, 1.807) is 6.92 Å². The third kappa shape index (κ3) is 5.07. The number of carbonyl (C=O) groups is 3. The van der Waals surface area contributed by atoms with E-state index in [-0.39, 0.29) is 50.5 Å². The number of nitrogens with one attached hydrogen (secondary N) is 2. The van der Waals surface area contributed by atoms with Gasteiger partial charge < -0.3 is 15.2 Å². The predicted octanol–water partition coefficient (Wildman–Crippen LogP) is 4.92. The number of anilines is 1. The zero-order valence-electron chi connectivity index (χ0n) is 19.7. The van der Waals surface area contributed by atoms with E-state index < -0.39 is 35.2 Å². The van der Waals surface area contributed by atoms with Crippen LogP contribution in [0.1, 0.15) is 52.1 Å². The monoisotopic (exact) mass is 549 g/mol. The van der Waals surface area contributed by atoms with Crippen molar-refractivity contribution in [3.05, 3.63) is 75.6 Å². The molecule has 13 heteroatoms. The summed E-state index contributed by atoms with van der Waals surface area (Å²) in [5, 5.41) is 5.13. The number of hydrogen-bond donors (Lipinski definition) is 2. The second-order valence-corrected chi connectivity index (χ2v) is 9.35. The SMILES string of the molecule is CNC(=O)c1nc(NC(=O)c2nsc3c(F)cc(F)cc23)c([C@H](C)c2cc(F)ccc2Cl)n1CC(C)=O. The van der Waals surface area contributed by atoms with Crippen LogP contribution < -0.4 is 10.6 Å². The zero-order chi connectivity index (χ0) is 27.0. The fourth-order valence-corrected chi connectivity index (χ4v) is 5.00. The third-order valence-electron chi connectivity index (χ3n) is 5.59. The first-order valence-corrected chi connectivity index (χ1v) is 12.0. The second-order valence-electron chi connectivity index (χ2n) is 8.17. The Morgan fingerprint density at radius 3 is 2.51 bits per heavy atom. The molecule has 2 heterocycles. The summed E-state index contributed by atoms with van der Waals surface area (Å²) in [5.74, 6) is -5.23. The Morgan fingerprint density at radius 2 is 1.84 bits per heavy atom. The lowest BCUT2D eigenvalue weighted by molar-refractivity contribution is -0.117. The van der Waals surface area contributed by atoms with E-state index in [0.717, 1.165) is 6.07 Å². The molecule has 0 saturated carbocycles. The van der Waals surface area contributed by atoms with Crippen LogP contribution in [-0.4, -0.2) is 38.6 Å². The molecule has 0 aliphatic rings. The highest BCUT2D eigenvalue weighted by Crippen LogP contribution is 2.36. The first-order chi connectivity index (χ1) is 17.5. The molecule has 0 aliphatic heterocycles. The average Bonchev–Trinajstić information content (AvgIpc) is 3.41. The van der Waals surface area contributed by atoms with Crippen LogP contribution >= 0.6 is 23.1 Å². The molecule has 0 unspecified atom stereocenters. The molecule has 192 valence electrons. The quantitative estimate of drug-likeness (QED) is 0.340. The maximum absolute atomic E-state index is 14.1. The number of ketones is 1. The number of amides is 2. The van der Waals surface area contributed by atoms with E-state index in [1.165, 1.54) is 36.7 Å². The van der Waals surface area contributed by atoms with Crippen LogP contribution in [-0.2, 0) is 11.3 Å². The van der Waals surface area contributed by atoms with Gasteiger partial charge in [0.25, 0.3) is 11.8 Å². The molecule has 2 amide bonds. The topological polar surface area (TPSA) is 106 Å². The van der Waals surface area contributed by atoms with Gasteiger partial charge in [-0.05, 0) is 48.3 Å². The van der Waals surface area contributed by atoms with Crippen molar-refractivity contribution in [2.45, 2.75) is 26.3 Å². The van der Waals surface area contributed by atoms with Crippen molar-refractivity contribution >= 4 is 56.6 Å². The molecule has 0 aliphatic carbocycles. The molecule has 0 spiro atoms. The van der Waals surface area contributed by atoms with Crippen LogP contribution in [0, 0.1) is 17.5 Å². The Kier molecular flexibility index (Phi) is 7.32. The summed E-state index contributed by atoms with van der Waals surface area (Å²) in [5.41, 5.74) is 0.239. The van der Waals surface area contributed by atoms with Gasteiger partial charge in [0.2, 0.25) is 5.82 Å². The van der Waals surface area contributed by atoms with Gasteiger partial charge in [-0.25, -0.2) is 18.2 Å². The van der Waals surface area contributed by atoms with E-state index in [4.69, 9.17) is 11.6 Å². The molecule has 2 aromatic heterocycles. The molecular formula is C24H19ClF3N5O3S. The summed E-state index contributed by atoms with van der Waals surface area (Å²) < 4.78 is 47.3. The van der Waals surface area contributed by atoms with Gasteiger partial charge in [-0.3, -0.25) is 14.4 Å². The standard InChI is InChI=1S/C24H19ClF3N5O3S/c1-10(34)9-33-19(11(2)14-6-12(26)4-5-16(14)25)21(30-22(33)24(36)29-3)31-23(35)18-15-7-13(27)8-17(28)20(15)37-32-18/h4-8,11H,9H2,1-3H3,(H,29,36)(H,31,35)/t11-/m1/s1. The van der Waals surface area contributed by atoms with Crippen molar-refractivity contribution in [2.75, 3.05) is 12.4 Å². The normalized spacial score (nSPS) is 12.0. The first kappa shape index (κ1) is 26.3. The van der Waals surface area contributed by atoms with Crippen molar-refractivity contribution in [1.29, 1.82) is 0 Å². The van der Waals surface area contributed by atoms with Gasteiger partial charge in [0.1, 0.15) is 28.9 Å². The zero-order valence-corrected chi connectivity index (χ0v) is 21.2. The summed E-state index contributed by atoms with van der Waals surface area (Å²) in [6.07, 6.45) is 0. The second kappa shape index (κ2) is 10.3. The summed E-state index contributed by atoms with van der Waals surface area (Å²) in [6, 6.07) is 5.40. The largest absolute Gasteiger partial charge is 0.352 e. The van der Waals surface area contributed by atoms with Crippen LogP contribution in [0.25, 0.3) is 10.1 Å². The number of fused-ring (bicyclic) bond motifs is 1. The van der Waals surface area contributed by atoms with Crippen molar-refractivity contribution in [3.8, 4) is 0 Å². The third-order valence-corrected chi connectivity index (χ3v) is 6.81. The van der Waals surface area contributed by atoms with Crippen molar-refractivity contribution in [1.82, 2.24) is 19.2 Å². The highest BCUT2D eigenvalue weighted by Gasteiger charge is 2.30. The molecule has 0 radical (unpaired) electrons. The molecule has 0 fully saturated rings. The fourth-order valence-electron chi connectivity index (χ4n) is 3.96. The number of carbonyl (C=O) groups excluding carboxylic acids is 3. The number of Topliss-reactive ketones (excluding diaryl/α,β-unsaturated/α-hetero) is 1. The molecule has 8 nitrogen and oxygen atoms in total. The summed E-state index contributed by atoms with van der Waals surface area (Å²) in [7, 11) is 1.37. The highest BCUT2D eigenvalue weighted by atomic mass is 35.5. The van der Waals surface area contributed by atoms with Gasteiger partial charge >= 0.3 is 0 Å². The number of hydrogen-bond acceptors (Lipinski definition) is 6. The van der Waals surface area contributed by atoms with Gasteiger partial charge in [-0.2, -0.15) is 4.37 Å². The Morgan fingerprint density at radius 1 is 1.11 bits per heavy atom. The molecule has 2 aromatic carbocycles. The van der Waals surface area contributed by atoms with E-state index in [2.05, 4.69) is 20.0 Å². The molecule has 4 aromatic rings. The van der Waals surface area contributed by atoms with Crippen LogP contribution in [0.3, 0.4) is 0 Å². The lowest BCUT2D eigenvalue weighted by atomic mass is 9.96. The van der Waals surface area contributed by atoms with Gasteiger partial charge in [0.15, 0.2) is 5.82 Å². The van der Waals surface area contributed by atoms with Crippen LogP contribution in [0.4, 0.5) is 19.0 Å². The lowest BCUT2D eigenvalue weighted by Gasteiger charge is -2.19. The predicted molar refractivity (Wildman–Crippen MR) is 133 cm³/mol. The summed E-state index contributed by atoms with van der Waals surface area (Å²) in [6.45, 7) is 2.66. The van der Waals surface area contributed by atoms with E-state index >= 15 is 0 Å². The Hall–Kier alpha value is -3.77. The molecule has 2 N–H and O–H groups in total. The van der Waals surface area contributed by atoms with Gasteiger partial charge in [0, 0.05) is 29.4 Å². The minimum Gasteiger partial charge on any atom is -0.352 e. The maximum atomic E-state index is 14.1. The molecule has 0 bridgehead atoms. The van der Waals surface area contributed by atoms with Crippen LogP contribution in [0.15, 0.2) is 30.3 Å². The first-order valence-electron chi connectivity index (χ1n) is 10.8. The Bertz CT molecular complexity index is 1570. The number of benzene rings is 2. The minimum absolute atomic E-state index is 0.0140. The summed E-state index contributed by atoms with van der Waals surface area (Å²) in [4.78, 5) is 42.2. The van der Waals surface area contributed by atoms with Crippen molar-refractivity contribution in [3.63, 3.8) is 0 Å². The number of rotatable bonds is 7. The Balaban J connectivity index is 1.88. The highest BCUT2D eigenvalue weighted by molar-refractivity contribution is 7.13. The van der Waals surface area contributed by atoms with Crippen molar-refractivity contribution in [2.24, 2.45) is 0 Å². The van der Waals surface area contributed by atoms with Crippen LogP contribution in [0.2, 0.25) is 5.02 Å². The number of halogens is 4. The summed E-state index contributed by atoms with van der Waals surface area (Å²) >= 11 is 7.00. The minimum atomic E-state index is -0.887. The van der Waals surface area contributed by atoms with E-state index in [0.29, 0.717) is 23.2 Å². The molecular weight excluding hydrogens is 531 g/mol. The lowest BCUT2D eigenvalue weighted by Crippen LogP contribution is -2.25. The molecule has 4 rings (SSSR count). The van der Waals surface area contributed by atoms with Crippen LogP contribution in [0.5, 0.6) is 0 Å². The smallest absolute Gasteiger partial charge is 0.287 e. The molecule has 37 heavy (non-hydrogen) atoms. The van der Waals surface area contributed by atoms with Gasteiger partial charge in [0.05, 0.1) is 16.9 Å². The van der Waals surface area contributed by atoms with E-state index in [1.807, 2.05) is 0 Å². The fraction of sp³-hybridized carbons (Fsp3) is 0.208. The average molecular weight is 550 g/mol. The maximum Gasteiger partial charge on any atom is 0.287 e. The van der Waals surface area contributed by atoms with Crippen molar-refractivity contribution < 1.29 is 27.6 Å².